The van der Waals surface area contributed by atoms with Crippen LogP contribution in [-0.2, 0) is 20.4 Å². The molecule has 0 fully saturated rings. The Balaban J connectivity index is 2.01. The van der Waals surface area contributed by atoms with Crippen LogP contribution in [0.5, 0.6) is 0 Å². The predicted molar refractivity (Wildman–Crippen MR) is 251 cm³/mol. The van der Waals surface area contributed by atoms with Crippen molar-refractivity contribution in [1.29, 1.82) is 0 Å². The molecule has 0 unspecified atom stereocenters. The van der Waals surface area contributed by atoms with Crippen LogP contribution in [0.1, 0.15) is 112 Å². The molecule has 0 saturated heterocycles. The SMILES string of the molecule is CC(C)(C)c1cc(NC(=O)c2cccc(C(=O)Nc3cc(C(C)(C)C)cc(NC(=O)[C@@H](N)CCCCN)c3SCCN)c2)c(SCCN)c(NC(=O)[C@@H](N)CCCCN)c1. The number of nitrogens with one attached hydrogen (secondary N) is 4. The molecule has 16 N–H and O–H groups in total. The largest absolute Gasteiger partial charge is 0.330 e. The van der Waals surface area contributed by atoms with Crippen molar-refractivity contribution in [1.82, 2.24) is 0 Å². The molecular formula is C44H68N10O4S2. The van der Waals surface area contributed by atoms with Gasteiger partial charge in [0.05, 0.1) is 44.6 Å². The Labute approximate surface area is 364 Å². The molecule has 0 heterocycles. The summed E-state index contributed by atoms with van der Waals surface area (Å²) in [6.45, 7) is 14.0. The molecule has 0 bridgehead atoms. The van der Waals surface area contributed by atoms with Gasteiger partial charge in [-0.2, -0.15) is 0 Å². The molecule has 16 heteroatoms. The van der Waals surface area contributed by atoms with Gasteiger partial charge in [-0.05, 0) is 103 Å². The minimum Gasteiger partial charge on any atom is -0.330 e. The van der Waals surface area contributed by atoms with E-state index in [0.717, 1.165) is 36.8 Å². The molecular weight excluding hydrogens is 797 g/mol. The van der Waals surface area contributed by atoms with E-state index in [1.54, 1.807) is 18.2 Å². The van der Waals surface area contributed by atoms with Gasteiger partial charge in [-0.15, -0.1) is 23.5 Å². The van der Waals surface area contributed by atoms with Gasteiger partial charge in [0, 0.05) is 35.7 Å². The molecule has 3 aromatic rings. The number of amides is 4. The molecule has 0 spiro atoms. The van der Waals surface area contributed by atoms with Gasteiger partial charge in [-0.1, -0.05) is 60.5 Å². The van der Waals surface area contributed by atoms with Gasteiger partial charge >= 0.3 is 0 Å². The van der Waals surface area contributed by atoms with Gasteiger partial charge < -0.3 is 55.7 Å². The Hall–Kier alpha value is -4.00. The lowest BCUT2D eigenvalue weighted by Gasteiger charge is -2.25. The highest BCUT2D eigenvalue weighted by Crippen LogP contribution is 2.41. The maximum absolute atomic E-state index is 14.1. The lowest BCUT2D eigenvalue weighted by Crippen LogP contribution is -2.36. The molecule has 2 atom stereocenters. The van der Waals surface area contributed by atoms with E-state index in [0.29, 0.717) is 83.1 Å². The summed E-state index contributed by atoms with van der Waals surface area (Å²) in [5.74, 6) is -0.539. The van der Waals surface area contributed by atoms with Crippen LogP contribution >= 0.6 is 23.5 Å². The normalized spacial score (nSPS) is 12.7. The molecule has 14 nitrogen and oxygen atoms in total. The fourth-order valence-electron chi connectivity index (χ4n) is 6.05. The van der Waals surface area contributed by atoms with Crippen LogP contribution in [0.3, 0.4) is 0 Å². The van der Waals surface area contributed by atoms with Gasteiger partial charge in [-0.25, -0.2) is 0 Å². The summed E-state index contributed by atoms with van der Waals surface area (Å²) in [6.07, 6.45) is 3.95. The Morgan fingerprint density at radius 1 is 0.533 bits per heavy atom. The summed E-state index contributed by atoms with van der Waals surface area (Å²) in [7, 11) is 0. The fraction of sp³-hybridized carbons (Fsp3) is 0.500. The summed E-state index contributed by atoms with van der Waals surface area (Å²) >= 11 is 2.82. The van der Waals surface area contributed by atoms with Crippen LogP contribution in [0.4, 0.5) is 22.7 Å². The van der Waals surface area contributed by atoms with Crippen molar-refractivity contribution >= 4 is 69.9 Å². The molecule has 0 saturated carbocycles. The number of rotatable bonds is 22. The molecule has 0 aliphatic rings. The first kappa shape index (κ1) is 50.4. The van der Waals surface area contributed by atoms with Gasteiger partial charge in [0.25, 0.3) is 11.8 Å². The molecule has 0 radical (unpaired) electrons. The number of benzene rings is 3. The monoisotopic (exact) mass is 864 g/mol. The second-order valence-corrected chi connectivity index (χ2v) is 19.0. The molecule has 3 aromatic carbocycles. The number of nitrogens with two attached hydrogens (primary N) is 6. The Morgan fingerprint density at radius 3 is 1.20 bits per heavy atom. The first-order valence-corrected chi connectivity index (χ1v) is 22.6. The molecule has 0 aliphatic heterocycles. The van der Waals surface area contributed by atoms with Crippen LogP contribution < -0.4 is 55.7 Å². The summed E-state index contributed by atoms with van der Waals surface area (Å²) in [5, 5.41) is 12.1. The van der Waals surface area contributed by atoms with E-state index in [9.17, 15) is 19.2 Å². The molecule has 60 heavy (non-hydrogen) atoms. The van der Waals surface area contributed by atoms with Crippen molar-refractivity contribution in [2.75, 3.05) is 59.0 Å². The minimum atomic E-state index is -0.736. The highest BCUT2D eigenvalue weighted by molar-refractivity contribution is 7.99. The third kappa shape index (κ3) is 15.2. The van der Waals surface area contributed by atoms with E-state index in [2.05, 4.69) is 21.3 Å². The van der Waals surface area contributed by atoms with Crippen molar-refractivity contribution in [2.24, 2.45) is 34.4 Å². The van der Waals surface area contributed by atoms with Gasteiger partial charge in [0.2, 0.25) is 11.8 Å². The third-order valence-corrected chi connectivity index (χ3v) is 12.0. The number of thioether (sulfide) groups is 2. The summed E-state index contributed by atoms with van der Waals surface area (Å²) in [5.41, 5.74) is 39.2. The van der Waals surface area contributed by atoms with Gasteiger partial charge in [0.15, 0.2) is 0 Å². The predicted octanol–water partition coefficient (Wildman–Crippen LogP) is 5.68. The summed E-state index contributed by atoms with van der Waals surface area (Å²) < 4.78 is 0. The zero-order chi connectivity index (χ0) is 44.6. The maximum Gasteiger partial charge on any atom is 0.255 e. The Morgan fingerprint density at radius 2 is 0.883 bits per heavy atom. The zero-order valence-electron chi connectivity index (χ0n) is 36.2. The highest BCUT2D eigenvalue weighted by atomic mass is 32.2. The van der Waals surface area contributed by atoms with Crippen LogP contribution in [0.2, 0.25) is 0 Å². The first-order valence-electron chi connectivity index (χ1n) is 20.6. The van der Waals surface area contributed by atoms with Crippen molar-refractivity contribution in [2.45, 2.75) is 113 Å². The number of anilines is 4. The average molecular weight is 865 g/mol. The Bertz CT molecular complexity index is 1800. The molecule has 0 aliphatic carbocycles. The molecule has 0 aromatic heterocycles. The number of carbonyl (C=O) groups is 4. The number of hydrogen-bond donors (Lipinski definition) is 10. The second-order valence-electron chi connectivity index (χ2n) is 16.8. The van der Waals surface area contributed by atoms with E-state index in [1.165, 1.54) is 29.6 Å². The van der Waals surface area contributed by atoms with E-state index in [4.69, 9.17) is 34.4 Å². The van der Waals surface area contributed by atoms with Crippen molar-refractivity contribution in [3.63, 3.8) is 0 Å². The lowest BCUT2D eigenvalue weighted by molar-refractivity contribution is -0.118. The number of unbranched alkanes of at least 4 members (excludes halogenated alkanes) is 2. The molecule has 3 rings (SSSR count). The highest BCUT2D eigenvalue weighted by Gasteiger charge is 2.26. The van der Waals surface area contributed by atoms with E-state index in [-0.39, 0.29) is 33.8 Å². The van der Waals surface area contributed by atoms with Gasteiger partial charge in [0.1, 0.15) is 0 Å². The lowest BCUT2D eigenvalue weighted by atomic mass is 9.86. The Kier molecular flexibility index (Phi) is 20.0. The van der Waals surface area contributed by atoms with Crippen LogP contribution in [-0.4, -0.2) is 73.4 Å². The average Bonchev–Trinajstić information content (AvgIpc) is 3.19. The van der Waals surface area contributed by atoms with E-state index < -0.39 is 23.9 Å². The van der Waals surface area contributed by atoms with Crippen LogP contribution in [0.25, 0.3) is 0 Å². The van der Waals surface area contributed by atoms with E-state index >= 15 is 0 Å². The topological polar surface area (TPSA) is 273 Å². The number of hydrogen-bond acceptors (Lipinski definition) is 12. The van der Waals surface area contributed by atoms with Crippen molar-refractivity contribution in [3.8, 4) is 0 Å². The second kappa shape index (κ2) is 23.9. The summed E-state index contributed by atoms with van der Waals surface area (Å²) in [6, 6.07) is 12.6. The van der Waals surface area contributed by atoms with Crippen LogP contribution in [0, 0.1) is 0 Å². The quantitative estimate of drug-likeness (QED) is 0.0432. The molecule has 330 valence electrons. The molecule has 4 amide bonds. The smallest absolute Gasteiger partial charge is 0.255 e. The summed E-state index contributed by atoms with van der Waals surface area (Å²) in [4.78, 5) is 56.0. The minimum absolute atomic E-state index is 0.240. The van der Waals surface area contributed by atoms with E-state index in [1.807, 2.05) is 65.8 Å². The first-order chi connectivity index (χ1) is 28.3. The number of carbonyl (C=O) groups excluding carboxylic acids is 4. The van der Waals surface area contributed by atoms with Crippen LogP contribution in [0.15, 0.2) is 58.3 Å². The van der Waals surface area contributed by atoms with Gasteiger partial charge in [-0.3, -0.25) is 19.2 Å². The fourth-order valence-corrected chi connectivity index (χ4v) is 7.75. The standard InChI is InChI=1S/C44H68N10O4S2/c1-43(2,3)29-23-33(37(59-20-18-47)35(25-29)53-41(57)31(49)14-7-9-16-45)51-39(55)27-12-11-13-28(22-27)40(56)52-34-24-30(44(4,5)6)26-36(38(34)60-21-19-48)54-42(58)32(50)15-8-10-17-46/h11-13,22-26,31-32H,7-10,14-21,45-50H2,1-6H3,(H,51,55)(H,52,56)(H,53,57)(H,54,58)/t31-,32-/m0/s1. The van der Waals surface area contributed by atoms with Crippen molar-refractivity contribution in [3.05, 3.63) is 70.8 Å². The third-order valence-electron chi connectivity index (χ3n) is 9.65. The zero-order valence-corrected chi connectivity index (χ0v) is 37.8. The van der Waals surface area contributed by atoms with Crippen molar-refractivity contribution < 1.29 is 19.2 Å². The maximum atomic E-state index is 14.1.